The first-order valence-corrected chi connectivity index (χ1v) is 5.81. The van der Waals surface area contributed by atoms with Gasteiger partial charge in [-0.3, -0.25) is 4.79 Å². The average molecular weight is 210 g/mol. The molecule has 0 saturated carbocycles. The fraction of sp³-hybridized carbons (Fsp3) is 0.600. The number of piperidine rings is 1. The van der Waals surface area contributed by atoms with E-state index in [0.717, 1.165) is 18.1 Å². The van der Waals surface area contributed by atoms with Crippen molar-refractivity contribution in [1.29, 1.82) is 0 Å². The number of hydrogen-bond donors (Lipinski definition) is 0. The third-order valence-electron chi connectivity index (χ3n) is 2.46. The lowest BCUT2D eigenvalue weighted by atomic mass is 10.1. The minimum atomic E-state index is 0.0678. The molecular weight excluding hydrogens is 196 g/mol. The third kappa shape index (κ3) is 1.95. The Morgan fingerprint density at radius 1 is 1.43 bits per heavy atom. The predicted octanol–water partition coefficient (Wildman–Crippen LogP) is 2.34. The van der Waals surface area contributed by atoms with Crippen molar-refractivity contribution in [3.05, 3.63) is 11.2 Å². The lowest BCUT2D eigenvalue weighted by Crippen LogP contribution is -2.28. The lowest BCUT2D eigenvalue weighted by Gasteiger charge is -2.26. The van der Waals surface area contributed by atoms with Crippen molar-refractivity contribution in [3.8, 4) is 0 Å². The van der Waals surface area contributed by atoms with Crippen LogP contribution in [0.25, 0.3) is 0 Å². The van der Waals surface area contributed by atoms with Gasteiger partial charge in [-0.15, -0.1) is 0 Å². The van der Waals surface area contributed by atoms with E-state index in [0.29, 0.717) is 5.01 Å². The highest BCUT2D eigenvalue weighted by atomic mass is 32.1. The Kier molecular flexibility index (Phi) is 2.82. The Labute approximate surface area is 87.8 Å². The number of hydrogen-bond acceptors (Lipinski definition) is 4. The van der Waals surface area contributed by atoms with E-state index >= 15 is 0 Å². The summed E-state index contributed by atoms with van der Waals surface area (Å²) in [5.74, 6) is 0.0678. The van der Waals surface area contributed by atoms with Gasteiger partial charge in [-0.05, 0) is 19.3 Å². The summed E-state index contributed by atoms with van der Waals surface area (Å²) in [4.78, 5) is 17.5. The highest BCUT2D eigenvalue weighted by molar-refractivity contribution is 7.17. The first kappa shape index (κ1) is 9.65. The van der Waals surface area contributed by atoms with Crippen molar-refractivity contribution >= 4 is 22.1 Å². The van der Waals surface area contributed by atoms with E-state index in [1.807, 2.05) is 6.20 Å². The zero-order chi connectivity index (χ0) is 9.97. The maximum absolute atomic E-state index is 11.1. The zero-order valence-corrected chi connectivity index (χ0v) is 9.14. The number of carbonyl (C=O) groups excluding carboxylic acids is 1. The third-order valence-corrected chi connectivity index (χ3v) is 3.62. The van der Waals surface area contributed by atoms with Crippen LogP contribution in [0.3, 0.4) is 0 Å². The first-order chi connectivity index (χ1) is 6.77. The molecule has 1 saturated heterocycles. The van der Waals surface area contributed by atoms with Crippen LogP contribution in [0.15, 0.2) is 6.20 Å². The van der Waals surface area contributed by atoms with Gasteiger partial charge in [0, 0.05) is 20.0 Å². The Bertz CT molecular complexity index is 329. The van der Waals surface area contributed by atoms with E-state index in [-0.39, 0.29) is 5.78 Å². The smallest absolute Gasteiger partial charge is 0.188 e. The fourth-order valence-corrected chi connectivity index (χ4v) is 2.55. The molecule has 0 aromatic carbocycles. The molecule has 0 N–H and O–H groups in total. The molecule has 0 radical (unpaired) electrons. The molecule has 0 amide bonds. The Morgan fingerprint density at radius 2 is 2.14 bits per heavy atom. The Balaban J connectivity index is 2.11. The molecule has 0 spiro atoms. The number of ketones is 1. The van der Waals surface area contributed by atoms with Crippen LogP contribution in [-0.2, 0) is 0 Å². The van der Waals surface area contributed by atoms with Gasteiger partial charge in [-0.1, -0.05) is 11.3 Å². The van der Waals surface area contributed by atoms with E-state index in [1.54, 1.807) is 6.92 Å². The lowest BCUT2D eigenvalue weighted by molar-refractivity contribution is 0.101. The number of carbonyl (C=O) groups is 1. The van der Waals surface area contributed by atoms with Gasteiger partial charge < -0.3 is 4.90 Å². The van der Waals surface area contributed by atoms with Crippen molar-refractivity contribution in [3.63, 3.8) is 0 Å². The van der Waals surface area contributed by atoms with Crippen LogP contribution in [0.2, 0.25) is 0 Å². The van der Waals surface area contributed by atoms with E-state index in [9.17, 15) is 4.79 Å². The van der Waals surface area contributed by atoms with Gasteiger partial charge in [0.2, 0.25) is 0 Å². The fourth-order valence-electron chi connectivity index (χ4n) is 1.69. The second kappa shape index (κ2) is 4.09. The molecule has 1 aromatic heterocycles. The van der Waals surface area contributed by atoms with Gasteiger partial charge in [0.1, 0.15) is 5.00 Å². The summed E-state index contributed by atoms with van der Waals surface area (Å²) < 4.78 is 0. The van der Waals surface area contributed by atoms with Gasteiger partial charge in [-0.2, -0.15) is 0 Å². The van der Waals surface area contributed by atoms with Crippen LogP contribution in [0.1, 0.15) is 36.0 Å². The molecule has 1 fully saturated rings. The molecule has 0 bridgehead atoms. The Hall–Kier alpha value is -0.900. The summed E-state index contributed by atoms with van der Waals surface area (Å²) in [6.07, 6.45) is 5.67. The van der Waals surface area contributed by atoms with Crippen molar-refractivity contribution in [2.45, 2.75) is 26.2 Å². The molecule has 0 aliphatic carbocycles. The number of aromatic nitrogens is 1. The molecular formula is C10H14N2OS. The van der Waals surface area contributed by atoms with E-state index in [4.69, 9.17) is 0 Å². The monoisotopic (exact) mass is 210 g/mol. The number of nitrogens with zero attached hydrogens (tertiary/aromatic N) is 2. The summed E-state index contributed by atoms with van der Waals surface area (Å²) in [7, 11) is 0. The predicted molar refractivity (Wildman–Crippen MR) is 58.2 cm³/mol. The maximum atomic E-state index is 11.1. The van der Waals surface area contributed by atoms with Gasteiger partial charge in [-0.25, -0.2) is 4.98 Å². The van der Waals surface area contributed by atoms with Gasteiger partial charge >= 0.3 is 0 Å². The number of Topliss-reactive ketones (excluding diaryl/α,β-unsaturated/α-hetero) is 1. The van der Waals surface area contributed by atoms with Crippen LogP contribution >= 0.6 is 11.3 Å². The summed E-state index contributed by atoms with van der Waals surface area (Å²) >= 11 is 1.51. The normalized spacial score (nSPS) is 17.1. The molecule has 14 heavy (non-hydrogen) atoms. The quantitative estimate of drug-likeness (QED) is 0.702. The minimum absolute atomic E-state index is 0.0678. The molecule has 1 aromatic rings. The molecule has 1 aliphatic rings. The minimum Gasteiger partial charge on any atom is -0.362 e. The molecule has 3 nitrogen and oxygen atoms in total. The van der Waals surface area contributed by atoms with Crippen molar-refractivity contribution < 1.29 is 4.79 Å². The largest absolute Gasteiger partial charge is 0.362 e. The summed E-state index contributed by atoms with van der Waals surface area (Å²) in [6, 6.07) is 0. The van der Waals surface area contributed by atoms with Gasteiger partial charge in [0.15, 0.2) is 10.8 Å². The van der Waals surface area contributed by atoms with Crippen LogP contribution in [0.5, 0.6) is 0 Å². The molecule has 76 valence electrons. The average Bonchev–Trinajstić information content (AvgIpc) is 2.68. The van der Waals surface area contributed by atoms with E-state index in [1.165, 1.54) is 30.6 Å². The van der Waals surface area contributed by atoms with Crippen LogP contribution < -0.4 is 4.90 Å². The molecule has 0 unspecified atom stereocenters. The van der Waals surface area contributed by atoms with Crippen LogP contribution in [0, 0.1) is 0 Å². The van der Waals surface area contributed by atoms with E-state index < -0.39 is 0 Å². The first-order valence-electron chi connectivity index (χ1n) is 4.99. The number of rotatable bonds is 2. The van der Waals surface area contributed by atoms with Gasteiger partial charge in [0.05, 0.1) is 6.20 Å². The standard InChI is InChI=1S/C10H14N2OS/c1-8(13)10-11-7-9(14-10)12-5-3-2-4-6-12/h7H,2-6H2,1H3. The van der Waals surface area contributed by atoms with Gasteiger partial charge in [0.25, 0.3) is 0 Å². The molecule has 2 rings (SSSR count). The SMILES string of the molecule is CC(=O)c1ncc(N2CCCCC2)s1. The molecule has 0 atom stereocenters. The topological polar surface area (TPSA) is 33.2 Å². The van der Waals surface area contributed by atoms with Crippen molar-refractivity contribution in [2.24, 2.45) is 0 Å². The van der Waals surface area contributed by atoms with Crippen molar-refractivity contribution in [2.75, 3.05) is 18.0 Å². The summed E-state index contributed by atoms with van der Waals surface area (Å²) in [5, 5.41) is 1.78. The highest BCUT2D eigenvalue weighted by Gasteiger charge is 2.14. The zero-order valence-electron chi connectivity index (χ0n) is 8.32. The number of thiazole rings is 1. The summed E-state index contributed by atoms with van der Waals surface area (Å²) in [5.41, 5.74) is 0. The molecule has 4 heteroatoms. The molecule has 2 heterocycles. The second-order valence-electron chi connectivity index (χ2n) is 3.61. The van der Waals surface area contributed by atoms with E-state index in [2.05, 4.69) is 9.88 Å². The van der Waals surface area contributed by atoms with Crippen LogP contribution in [0.4, 0.5) is 5.00 Å². The highest BCUT2D eigenvalue weighted by Crippen LogP contribution is 2.26. The molecule has 1 aliphatic heterocycles. The second-order valence-corrected chi connectivity index (χ2v) is 4.62. The summed E-state index contributed by atoms with van der Waals surface area (Å²) in [6.45, 7) is 3.79. The van der Waals surface area contributed by atoms with Crippen LogP contribution in [-0.4, -0.2) is 23.9 Å². The number of anilines is 1. The Morgan fingerprint density at radius 3 is 2.71 bits per heavy atom. The van der Waals surface area contributed by atoms with Crippen molar-refractivity contribution in [1.82, 2.24) is 4.98 Å². The maximum Gasteiger partial charge on any atom is 0.188 e.